The van der Waals surface area contributed by atoms with E-state index < -0.39 is 0 Å². The molecule has 0 unspecified atom stereocenters. The predicted molar refractivity (Wildman–Crippen MR) is 599 cm³/mol. The molecule has 0 saturated heterocycles. The second-order valence-corrected chi connectivity index (χ2v) is 6.97. The number of hydrogen-bond donors (Lipinski definition) is 2. The Morgan fingerprint density at radius 3 is 0.387 bits per heavy atom. The molecule has 0 aromatic rings. The summed E-state index contributed by atoms with van der Waals surface area (Å²) < 4.78 is 64.0. The van der Waals surface area contributed by atoms with Gasteiger partial charge in [-0.05, 0) is 301 Å². The highest BCUT2D eigenvalue weighted by molar-refractivity contribution is 5.75. The Balaban J connectivity index is -0.00000000188. The summed E-state index contributed by atoms with van der Waals surface area (Å²) in [5.74, 6) is 117. The quantitative estimate of drug-likeness (QED) is 0.0620. The molecule has 0 aliphatic rings. The Bertz CT molecular complexity index is 3550. The van der Waals surface area contributed by atoms with Crippen LogP contribution in [0.1, 0.15) is 294 Å². The van der Waals surface area contributed by atoms with Crippen LogP contribution in [-0.4, -0.2) is 8.41 Å². The standard InChI is InChI=1S/C19H4.C15H4.C11H4.C6H2.C5H4.C4H6.3C2H6.C2H2.10CH4.B.4F2.2FH.HN3.H3N.96H2/c1-3-5-7-9-11-13-15-17-19-18-16-14-12-10-8-6-4-2;1-3-5-7-9-11-13-15-14-12-10-8-6-4-2;1-3-5-7-9-11-10-8-6-4-2;1-3-5-6-4-2;1-3-5-4-2;1-3-4-2;4*1-2;;;;;;;;;;;;4*1-2;;;1-3-2;;;;;;;;;;;;;;;;;;;;;;;;;;;;;;;;;;;;;;;;;;;;;;;;;;;;;;;;;;;;;;;;;;;;;;;;;;;;;;;;;;;;;;;;;;;;;;;;;/h1H,2H3;1H,2H3;1H,2H3;1-2H;1H,2H3;1-2H3;3*1-2H3;1-2H;10*1H4;;;;;;2*1H;1H;1H3;96*1H. The number of nitrogens with one attached hydrogen (secondary N) is 1. The van der Waals surface area contributed by atoms with Gasteiger partial charge >= 0.3 is 0 Å². The van der Waals surface area contributed by atoms with Gasteiger partial charge in [-0.15, -0.1) is 68.8 Å². The third-order valence-corrected chi connectivity index (χ3v) is 3.12. The van der Waals surface area contributed by atoms with Gasteiger partial charge in [-0.25, -0.2) is 0 Å². The molecular formula is C78H282BF10N4. The van der Waals surface area contributed by atoms with Gasteiger partial charge in [-0.3, -0.25) is 9.41 Å². The van der Waals surface area contributed by atoms with Crippen molar-refractivity contribution in [2.24, 2.45) is 0 Å². The molecule has 4 nitrogen and oxygen atoms in total. The number of hydrogen-bond acceptors (Lipinski definition) is 2. The van der Waals surface area contributed by atoms with Crippen LogP contribution in [0.4, 0.5) is 46.0 Å². The second-order valence-electron chi connectivity index (χ2n) is 6.97. The van der Waals surface area contributed by atoms with E-state index in [-0.39, 0.29) is 235 Å². The highest BCUT2D eigenvalue weighted by Gasteiger charge is 1.59. The molecule has 0 rings (SSSR count). The largest absolute Gasteiger partial charge is 0.344 e. The van der Waals surface area contributed by atoms with Crippen LogP contribution in [0.2, 0.25) is 0 Å². The van der Waals surface area contributed by atoms with Crippen LogP contribution in [0.25, 0.3) is 10.4 Å². The van der Waals surface area contributed by atoms with E-state index in [1.165, 1.54) is 0 Å². The molecule has 3 radical (unpaired) electrons. The van der Waals surface area contributed by atoms with E-state index in [4.69, 9.17) is 86.2 Å². The first-order valence-corrected chi connectivity index (χ1v) is 19.6. The van der Waals surface area contributed by atoms with Crippen molar-refractivity contribution < 1.29 is 183 Å². The third kappa shape index (κ3) is 569. The van der Waals surface area contributed by atoms with Crippen molar-refractivity contribution in [2.45, 2.75) is 157 Å². The van der Waals surface area contributed by atoms with Gasteiger partial charge in [0.1, 0.15) is 0 Å². The van der Waals surface area contributed by atoms with Crippen molar-refractivity contribution in [1.82, 2.24) is 6.15 Å². The Hall–Kier alpha value is -13.7. The maximum atomic E-state index is 8.00. The van der Waals surface area contributed by atoms with Gasteiger partial charge in [0.15, 0.2) is 0 Å². The number of rotatable bonds is 0. The summed E-state index contributed by atoms with van der Waals surface area (Å²) in [7, 11) is 0. The molecule has 15 heteroatoms. The van der Waals surface area contributed by atoms with Crippen LogP contribution in [0.5, 0.6) is 0 Å². The molecule has 0 aromatic heterocycles. The lowest BCUT2D eigenvalue weighted by molar-refractivity contribution is 0.108. The van der Waals surface area contributed by atoms with Gasteiger partial charge in [0.05, 0.1) is 0 Å². The molecule has 0 saturated carbocycles. The molecular weight excluding hydrogens is 1190 g/mol. The van der Waals surface area contributed by atoms with Gasteiger partial charge in [-0.2, -0.15) is 0 Å². The van der Waals surface area contributed by atoms with Crippen LogP contribution in [0, 0.1) is 341 Å². The Morgan fingerprint density at radius 2 is 0.323 bits per heavy atom. The molecule has 0 amide bonds. The summed E-state index contributed by atoms with van der Waals surface area (Å²) in [6.45, 7) is 22.5. The third-order valence-electron chi connectivity index (χ3n) is 3.12. The van der Waals surface area contributed by atoms with E-state index in [0.29, 0.717) is 0 Å². The SMILES string of the molecule is C.C.C.C.C.C.C.C.C.C.C#C.C#CC#CC.C#CC#CC#C.C#CC#CC#CC#CC#CC.C#CC#CC#CC#CC#CC#CC#CC.C#CC#CC#CC#CC#CC#CC#CC#CC#CC.CC.CC.CC.CC#CC.F.F.FF.FF.FF.FF.N.[B].[HH].[HH].[HH].[HH].[HH].[HH].[HH].[HH].[HH].[HH].[HH].[HH].[HH].[HH].[HH].[HH].[HH].[HH].[HH].[HH].[HH].[HH].[HH].[HH].[HH].[HH].[HH].[HH].[HH].[HH].[HH].[HH].[HH].[HH].[HH].[HH].[HH].[HH].[HH].[HH].[HH].[HH].[HH].[HH].[HH].[HH].[HH].[HH].[HH].[HH].[HH].[HH].[HH].[HH].[HH].[HH].[HH].[HH].[HH].[HH].[HH].[HH].[HH].[HH].[HH].[HH].[HH].[HH].[HH].[HH].[HH].[HH].[HH].[HH].[HH].[HH].[HH].[HH].[HH].[HH].[HH].[HH].[HH].[HH].[HH].[HH].[HH].[HH].[HH].[HH].[HH].[HH].[HH].[HH].[HH].[HH].[N-]=[N+]=N. The normalized spacial score (nSPS) is 2.88. The molecule has 0 aliphatic heterocycles. The molecule has 0 fully saturated rings. The summed E-state index contributed by atoms with van der Waals surface area (Å²) in [5.41, 5.74) is 12.2. The van der Waals surface area contributed by atoms with Crippen molar-refractivity contribution in [1.29, 1.82) is 5.53 Å². The predicted octanol–water partition coefficient (Wildman–Crippen LogP) is 41.5. The Kier molecular flexibility index (Phi) is 776. The highest BCUT2D eigenvalue weighted by Crippen LogP contribution is 1.60. The fourth-order valence-electron chi connectivity index (χ4n) is 1.28. The maximum Gasteiger partial charge on any atom is 0 e. The number of terminal acetylenes is 7. The van der Waals surface area contributed by atoms with E-state index in [1.54, 1.807) is 32.6 Å². The fourth-order valence-corrected chi connectivity index (χ4v) is 1.28. The van der Waals surface area contributed by atoms with Crippen molar-refractivity contribution in [3.63, 3.8) is 0 Å². The van der Waals surface area contributed by atoms with Crippen LogP contribution >= 0.6 is 0 Å². The van der Waals surface area contributed by atoms with Crippen LogP contribution < -0.4 is 6.15 Å². The Labute approximate surface area is 709 Å². The first-order chi connectivity index (χ1) is 38.9. The van der Waals surface area contributed by atoms with Gasteiger partial charge in [0, 0.05) is 182 Å². The molecule has 4 N–H and O–H groups in total. The van der Waals surface area contributed by atoms with Crippen LogP contribution in [0.3, 0.4) is 0 Å². The molecule has 0 aliphatic carbocycles. The minimum Gasteiger partial charge on any atom is -0.344 e. The van der Waals surface area contributed by atoms with Gasteiger partial charge < -0.3 is 6.15 Å². The lowest BCUT2D eigenvalue weighted by Gasteiger charge is -1.56. The zero-order valence-electron chi connectivity index (χ0n) is 47.1. The Morgan fingerprint density at radius 1 is 0.247 bits per heavy atom. The first kappa shape index (κ1) is 192. The molecule has 0 bridgehead atoms. The number of halogens is 10. The zero-order valence-corrected chi connectivity index (χ0v) is 47.1. The summed E-state index contributed by atoms with van der Waals surface area (Å²) >= 11 is 0. The molecule has 0 spiro atoms. The van der Waals surface area contributed by atoms with E-state index in [9.17, 15) is 0 Å². The van der Waals surface area contributed by atoms with E-state index in [1.807, 2.05) is 55.4 Å². The highest BCUT2D eigenvalue weighted by atomic mass is 20.0. The molecule has 0 aromatic carbocycles. The summed E-state index contributed by atoms with van der Waals surface area (Å²) in [6, 6.07) is 0. The van der Waals surface area contributed by atoms with Gasteiger partial charge in [0.25, 0.3) is 0 Å². The molecule has 0 heterocycles. The zero-order chi connectivity index (χ0) is 64.6. The topological polar surface area (TPSA) is 95.2 Å². The molecule has 93 heavy (non-hydrogen) atoms. The maximum absolute atomic E-state index is 8.00. The van der Waals surface area contributed by atoms with Gasteiger partial charge in [-0.1, -0.05) is 139 Å². The van der Waals surface area contributed by atoms with Crippen LogP contribution in [-0.2, 0) is 0 Å². The van der Waals surface area contributed by atoms with E-state index >= 15 is 0 Å². The number of nitrogens with zero attached hydrogens (tertiary/aromatic N) is 2. The first-order valence-electron chi connectivity index (χ1n) is 19.6. The lowest BCUT2D eigenvalue weighted by Crippen LogP contribution is -1.56. The van der Waals surface area contributed by atoms with E-state index in [2.05, 4.69) is 297 Å². The molecule has 687 valence electrons. The lowest BCUT2D eigenvalue weighted by atomic mass is 10.5. The summed E-state index contributed by atoms with van der Waals surface area (Å²) in [4.78, 5) is 1.75. The van der Waals surface area contributed by atoms with E-state index in [0.717, 1.165) is 0 Å². The van der Waals surface area contributed by atoms with Crippen LogP contribution in [0.15, 0.2) is 0 Å². The monoisotopic (exact) mass is 1480 g/mol. The van der Waals surface area contributed by atoms with Crippen molar-refractivity contribution in [3.05, 3.63) is 10.4 Å². The van der Waals surface area contributed by atoms with Crippen molar-refractivity contribution >= 4 is 8.41 Å². The minimum absolute atomic E-state index is 0. The fraction of sp³-hybridized carbons (Fsp3) is 0.282. The summed E-state index contributed by atoms with van der Waals surface area (Å²) in [5, 5.41) is 0. The summed E-state index contributed by atoms with van der Waals surface area (Å²) in [6.07, 6.45) is 36.7. The molecule has 0 atom stereocenters. The smallest absolute Gasteiger partial charge is 0 e. The average molecular weight is 1480 g/mol. The van der Waals surface area contributed by atoms with Crippen molar-refractivity contribution in [3.8, 4) is 336 Å². The van der Waals surface area contributed by atoms with Gasteiger partial charge in [0.2, 0.25) is 0 Å². The second kappa shape index (κ2) is 375. The van der Waals surface area contributed by atoms with Crippen molar-refractivity contribution in [2.75, 3.05) is 0 Å². The minimum atomic E-state index is 0. The average Bonchev–Trinajstić information content (AvgIpc) is 3.52.